The van der Waals surface area contributed by atoms with Gasteiger partial charge in [0, 0.05) is 44.2 Å². The van der Waals surface area contributed by atoms with Crippen LogP contribution < -0.4 is 10.6 Å². The first-order chi connectivity index (χ1) is 18.2. The number of nitrogens with zero attached hydrogens (tertiary/aromatic N) is 2. The highest BCUT2D eigenvalue weighted by Crippen LogP contribution is 2.45. The predicted molar refractivity (Wildman–Crippen MR) is 146 cm³/mol. The number of methoxy groups -OCH3 is 1. The highest BCUT2D eigenvalue weighted by Gasteiger charge is 2.52. The minimum Gasteiger partial charge on any atom is -0.395 e. The summed E-state index contributed by atoms with van der Waals surface area (Å²) in [6.07, 6.45) is 15.1. The fraction of sp³-hybridized carbons (Fsp3) is 0.900. The number of aliphatic hydroxyl groups is 1. The van der Waals surface area contributed by atoms with Crippen molar-refractivity contribution in [3.63, 3.8) is 0 Å². The first-order valence-corrected chi connectivity index (χ1v) is 15.4. The molecule has 2 amide bonds. The maximum atomic E-state index is 13.3. The van der Waals surface area contributed by atoms with Crippen LogP contribution in [0.3, 0.4) is 0 Å². The van der Waals surface area contributed by atoms with E-state index in [0.717, 1.165) is 64.7 Å². The maximum absolute atomic E-state index is 13.3. The lowest BCUT2D eigenvalue weighted by atomic mass is 9.65. The van der Waals surface area contributed by atoms with Crippen molar-refractivity contribution in [2.45, 2.75) is 114 Å². The third-order valence-corrected chi connectivity index (χ3v) is 10.1. The van der Waals surface area contributed by atoms with Crippen LogP contribution in [-0.2, 0) is 4.74 Å². The Morgan fingerprint density at radius 1 is 0.973 bits per heavy atom. The SMILES string of the molecule is COC1CCC(NC(=O)N2CCCCN3[C@@H](CO)[C@H](C4CCC(C#CC5CCCCN5)CC4)[C@@H]3C2)CC1. The lowest BCUT2D eigenvalue weighted by molar-refractivity contribution is -0.123. The molecule has 3 saturated heterocycles. The molecule has 2 aliphatic carbocycles. The van der Waals surface area contributed by atoms with Gasteiger partial charge in [-0.3, -0.25) is 4.90 Å². The largest absolute Gasteiger partial charge is 0.395 e. The molecule has 3 aliphatic heterocycles. The number of ether oxygens (including phenoxy) is 1. The molecule has 7 heteroatoms. The average molecular weight is 515 g/mol. The lowest BCUT2D eigenvalue weighted by Crippen LogP contribution is -2.71. The van der Waals surface area contributed by atoms with E-state index in [1.165, 1.54) is 44.9 Å². The van der Waals surface area contributed by atoms with Gasteiger partial charge in [-0.25, -0.2) is 4.79 Å². The molecular formula is C30H50N4O3. The summed E-state index contributed by atoms with van der Waals surface area (Å²) in [6, 6.07) is 1.42. The fourth-order valence-electron chi connectivity index (χ4n) is 7.91. The van der Waals surface area contributed by atoms with E-state index in [2.05, 4.69) is 32.3 Å². The molecule has 208 valence electrons. The summed E-state index contributed by atoms with van der Waals surface area (Å²) in [5.41, 5.74) is 0. The van der Waals surface area contributed by atoms with Crippen LogP contribution in [0.1, 0.15) is 83.5 Å². The molecule has 5 rings (SSSR count). The van der Waals surface area contributed by atoms with Gasteiger partial charge in [-0.1, -0.05) is 11.8 Å². The number of carbonyl (C=O) groups excluding carboxylic acids is 1. The molecule has 0 spiro atoms. The minimum atomic E-state index is 0.115. The zero-order valence-corrected chi connectivity index (χ0v) is 23.0. The van der Waals surface area contributed by atoms with Crippen LogP contribution in [0.2, 0.25) is 0 Å². The monoisotopic (exact) mass is 514 g/mol. The Balaban J connectivity index is 1.16. The number of hydrogen-bond donors (Lipinski definition) is 3. The highest BCUT2D eigenvalue weighted by atomic mass is 16.5. The van der Waals surface area contributed by atoms with Gasteiger partial charge >= 0.3 is 6.03 Å². The molecule has 5 aliphatic rings. The van der Waals surface area contributed by atoms with Crippen molar-refractivity contribution < 1.29 is 14.6 Å². The third kappa shape index (κ3) is 6.64. The topological polar surface area (TPSA) is 77.1 Å². The van der Waals surface area contributed by atoms with Crippen molar-refractivity contribution >= 4 is 6.03 Å². The van der Waals surface area contributed by atoms with E-state index >= 15 is 0 Å². The zero-order chi connectivity index (χ0) is 25.6. The van der Waals surface area contributed by atoms with E-state index in [1.807, 2.05) is 0 Å². The minimum absolute atomic E-state index is 0.115. The molecule has 0 aromatic heterocycles. The van der Waals surface area contributed by atoms with Crippen molar-refractivity contribution in [1.82, 2.24) is 20.4 Å². The molecule has 3 N–H and O–H groups in total. The first kappa shape index (κ1) is 27.2. The number of carbonyl (C=O) groups is 1. The molecular weight excluding hydrogens is 464 g/mol. The smallest absolute Gasteiger partial charge is 0.317 e. The van der Waals surface area contributed by atoms with Gasteiger partial charge in [-0.05, 0) is 108 Å². The Labute approximate surface area is 224 Å². The molecule has 0 aromatic rings. The number of amides is 2. The second kappa shape index (κ2) is 13.2. The Morgan fingerprint density at radius 3 is 2.46 bits per heavy atom. The van der Waals surface area contributed by atoms with Gasteiger partial charge in [0.1, 0.15) is 0 Å². The Hall–Kier alpha value is -1.33. The van der Waals surface area contributed by atoms with E-state index < -0.39 is 0 Å². The number of rotatable bonds is 4. The molecule has 2 saturated carbocycles. The zero-order valence-electron chi connectivity index (χ0n) is 23.0. The second-order valence-electron chi connectivity index (χ2n) is 12.3. The van der Waals surface area contributed by atoms with Gasteiger partial charge in [0.2, 0.25) is 0 Å². The van der Waals surface area contributed by atoms with Crippen LogP contribution in [0, 0.1) is 29.6 Å². The van der Waals surface area contributed by atoms with Crippen molar-refractivity contribution in [2.75, 3.05) is 39.9 Å². The van der Waals surface area contributed by atoms with Crippen molar-refractivity contribution in [3.05, 3.63) is 0 Å². The summed E-state index contributed by atoms with van der Waals surface area (Å²) in [5, 5.41) is 17.2. The summed E-state index contributed by atoms with van der Waals surface area (Å²) in [4.78, 5) is 17.9. The van der Waals surface area contributed by atoms with Crippen molar-refractivity contribution in [3.8, 4) is 11.8 Å². The van der Waals surface area contributed by atoms with E-state index in [9.17, 15) is 9.90 Å². The molecule has 0 aromatic carbocycles. The van der Waals surface area contributed by atoms with E-state index in [0.29, 0.717) is 35.9 Å². The van der Waals surface area contributed by atoms with Crippen LogP contribution in [0.15, 0.2) is 0 Å². The quantitative estimate of drug-likeness (QED) is 0.502. The van der Waals surface area contributed by atoms with Gasteiger partial charge < -0.3 is 25.4 Å². The lowest BCUT2D eigenvalue weighted by Gasteiger charge is -2.60. The van der Waals surface area contributed by atoms with Gasteiger partial charge in [0.25, 0.3) is 0 Å². The summed E-state index contributed by atoms with van der Waals surface area (Å²) in [5.74, 6) is 8.80. The van der Waals surface area contributed by atoms with Crippen LogP contribution in [0.5, 0.6) is 0 Å². The standard InChI is InChI=1S/C30H50N4O3/c1-37-26-15-13-25(14-16-26)32-30(36)33-18-4-5-19-34-27(20-33)29(28(34)21-35)23-10-7-22(8-11-23)9-12-24-6-2-3-17-31-24/h22-29,31,35H,2-8,10-11,13-21H2,1H3,(H,32,36)/t22?,23?,24?,25?,26?,27-,28-,29+/m0/s1. The Kier molecular flexibility index (Phi) is 9.68. The van der Waals surface area contributed by atoms with Gasteiger partial charge in [-0.2, -0.15) is 0 Å². The molecule has 4 atom stereocenters. The van der Waals surface area contributed by atoms with Crippen LogP contribution in [0.25, 0.3) is 0 Å². The number of urea groups is 1. The first-order valence-electron chi connectivity index (χ1n) is 15.4. The van der Waals surface area contributed by atoms with Crippen molar-refractivity contribution in [2.24, 2.45) is 17.8 Å². The third-order valence-electron chi connectivity index (χ3n) is 10.1. The maximum Gasteiger partial charge on any atom is 0.317 e. The molecule has 37 heavy (non-hydrogen) atoms. The summed E-state index contributed by atoms with van der Waals surface area (Å²) in [7, 11) is 1.79. The fourth-order valence-corrected chi connectivity index (χ4v) is 7.91. The summed E-state index contributed by atoms with van der Waals surface area (Å²) >= 11 is 0. The number of hydrogen-bond acceptors (Lipinski definition) is 5. The predicted octanol–water partition coefficient (Wildman–Crippen LogP) is 3.36. The normalized spacial score (nSPS) is 39.2. The van der Waals surface area contributed by atoms with Crippen LogP contribution in [0.4, 0.5) is 4.79 Å². The van der Waals surface area contributed by atoms with Gasteiger partial charge in [0.05, 0.1) is 18.8 Å². The molecule has 0 radical (unpaired) electrons. The Bertz CT molecular complexity index is 790. The number of fused-ring (bicyclic) bond motifs is 1. The molecule has 1 unspecified atom stereocenters. The number of aliphatic hydroxyl groups excluding tert-OH is 1. The molecule has 3 heterocycles. The van der Waals surface area contributed by atoms with Crippen LogP contribution >= 0.6 is 0 Å². The highest BCUT2D eigenvalue weighted by molar-refractivity contribution is 5.74. The van der Waals surface area contributed by atoms with Crippen molar-refractivity contribution in [1.29, 1.82) is 0 Å². The number of piperidine rings is 1. The summed E-state index contributed by atoms with van der Waals surface area (Å²) in [6.45, 7) is 4.05. The second-order valence-corrected chi connectivity index (χ2v) is 12.3. The number of nitrogens with one attached hydrogen (secondary N) is 2. The molecule has 7 nitrogen and oxygen atoms in total. The molecule has 5 fully saturated rings. The van der Waals surface area contributed by atoms with Gasteiger partial charge in [-0.15, -0.1) is 0 Å². The van der Waals surface area contributed by atoms with Crippen LogP contribution in [-0.4, -0.2) is 91.1 Å². The van der Waals surface area contributed by atoms with E-state index in [-0.39, 0.29) is 24.7 Å². The average Bonchev–Trinajstić information content (AvgIpc) is 2.92. The van der Waals surface area contributed by atoms with Gasteiger partial charge in [0.15, 0.2) is 0 Å². The summed E-state index contributed by atoms with van der Waals surface area (Å²) < 4.78 is 5.50. The van der Waals surface area contributed by atoms with E-state index in [4.69, 9.17) is 4.74 Å². The Morgan fingerprint density at radius 2 is 1.76 bits per heavy atom. The molecule has 0 bridgehead atoms. The van der Waals surface area contributed by atoms with E-state index in [1.54, 1.807) is 7.11 Å².